The Morgan fingerprint density at radius 3 is 2.73 bits per heavy atom. The summed E-state index contributed by atoms with van der Waals surface area (Å²) in [4.78, 5) is 27.9. The number of aromatic nitrogens is 2. The molecule has 0 bridgehead atoms. The average Bonchev–Trinajstić information content (AvgIpc) is 2.83. The Morgan fingerprint density at radius 1 is 1.27 bits per heavy atom. The average molecular weight is 303 g/mol. The van der Waals surface area contributed by atoms with Gasteiger partial charge in [-0.15, -0.1) is 0 Å². The van der Waals surface area contributed by atoms with Gasteiger partial charge in [0.05, 0.1) is 11.0 Å². The molecular formula is C16H21N3O3. The van der Waals surface area contributed by atoms with Gasteiger partial charge in [0.2, 0.25) is 0 Å². The standard InChI is InChI=1S/C16H21N3O3/c20-15(21)6-3-9-18-10-7-12(8-11-18)19-14-5-2-1-4-13(14)17-16(19)22/h1-2,4-5,12H,3,6-11H2,(H,17,22)(H,20,21). The number of hydrogen-bond donors (Lipinski definition) is 2. The van der Waals surface area contributed by atoms with Gasteiger partial charge in [-0.05, 0) is 37.9 Å². The fraction of sp³-hybridized carbons (Fsp3) is 0.500. The monoisotopic (exact) mass is 303 g/mol. The lowest BCUT2D eigenvalue weighted by Crippen LogP contribution is -2.37. The van der Waals surface area contributed by atoms with Crippen LogP contribution in [0.25, 0.3) is 11.0 Å². The second-order valence-corrected chi connectivity index (χ2v) is 5.89. The Hall–Kier alpha value is -2.08. The summed E-state index contributed by atoms with van der Waals surface area (Å²) in [7, 11) is 0. The van der Waals surface area contributed by atoms with E-state index in [9.17, 15) is 9.59 Å². The molecule has 3 rings (SSSR count). The van der Waals surface area contributed by atoms with Crippen LogP contribution in [0.1, 0.15) is 31.7 Å². The Bertz CT molecular complexity index is 711. The van der Waals surface area contributed by atoms with Crippen molar-refractivity contribution in [2.75, 3.05) is 19.6 Å². The molecule has 22 heavy (non-hydrogen) atoms. The highest BCUT2D eigenvalue weighted by Gasteiger charge is 2.23. The molecular weight excluding hydrogens is 282 g/mol. The van der Waals surface area contributed by atoms with Crippen molar-refractivity contribution in [3.8, 4) is 0 Å². The summed E-state index contributed by atoms with van der Waals surface area (Å²) in [6.07, 6.45) is 2.76. The van der Waals surface area contributed by atoms with E-state index < -0.39 is 5.97 Å². The molecule has 0 atom stereocenters. The summed E-state index contributed by atoms with van der Waals surface area (Å²) >= 11 is 0. The minimum absolute atomic E-state index is 0.0365. The molecule has 1 aliphatic rings. The molecule has 6 heteroatoms. The van der Waals surface area contributed by atoms with Gasteiger partial charge in [-0.25, -0.2) is 4.79 Å². The molecule has 118 valence electrons. The molecule has 6 nitrogen and oxygen atoms in total. The number of carboxylic acid groups (broad SMARTS) is 1. The van der Waals surface area contributed by atoms with E-state index in [4.69, 9.17) is 5.11 Å². The van der Waals surface area contributed by atoms with Gasteiger partial charge in [0.15, 0.2) is 0 Å². The first kappa shape index (κ1) is 14.8. The van der Waals surface area contributed by atoms with Gasteiger partial charge >= 0.3 is 11.7 Å². The van der Waals surface area contributed by atoms with Gasteiger partial charge in [0.1, 0.15) is 0 Å². The predicted molar refractivity (Wildman–Crippen MR) is 84.1 cm³/mol. The number of nitrogens with one attached hydrogen (secondary N) is 1. The molecule has 0 unspecified atom stereocenters. The van der Waals surface area contributed by atoms with Crippen molar-refractivity contribution in [1.82, 2.24) is 14.5 Å². The van der Waals surface area contributed by atoms with Gasteiger partial charge in [-0.1, -0.05) is 12.1 Å². The van der Waals surface area contributed by atoms with E-state index in [1.165, 1.54) is 0 Å². The van der Waals surface area contributed by atoms with Crippen molar-refractivity contribution in [2.24, 2.45) is 0 Å². The molecule has 0 aliphatic carbocycles. The van der Waals surface area contributed by atoms with Crippen molar-refractivity contribution in [1.29, 1.82) is 0 Å². The Balaban J connectivity index is 1.64. The zero-order valence-electron chi connectivity index (χ0n) is 12.5. The lowest BCUT2D eigenvalue weighted by atomic mass is 10.0. The smallest absolute Gasteiger partial charge is 0.326 e. The highest BCUT2D eigenvalue weighted by Crippen LogP contribution is 2.24. The van der Waals surface area contributed by atoms with Crippen LogP contribution in [-0.4, -0.2) is 45.2 Å². The highest BCUT2D eigenvalue weighted by atomic mass is 16.4. The van der Waals surface area contributed by atoms with Gasteiger partial charge in [-0.3, -0.25) is 9.36 Å². The topological polar surface area (TPSA) is 78.3 Å². The number of aromatic amines is 1. The number of hydrogen-bond acceptors (Lipinski definition) is 3. The number of rotatable bonds is 5. The van der Waals surface area contributed by atoms with Crippen LogP contribution in [0.4, 0.5) is 0 Å². The molecule has 2 aromatic rings. The molecule has 1 aliphatic heterocycles. The predicted octanol–water partition coefficient (Wildman–Crippen LogP) is 1.83. The number of para-hydroxylation sites is 2. The number of nitrogens with zero attached hydrogens (tertiary/aromatic N) is 2. The number of carboxylic acids is 1. The third kappa shape index (κ3) is 3.06. The van der Waals surface area contributed by atoms with Crippen molar-refractivity contribution < 1.29 is 9.90 Å². The lowest BCUT2D eigenvalue weighted by molar-refractivity contribution is -0.137. The number of piperidine rings is 1. The van der Waals surface area contributed by atoms with Crippen molar-refractivity contribution in [2.45, 2.75) is 31.7 Å². The quantitative estimate of drug-likeness (QED) is 0.883. The maximum absolute atomic E-state index is 12.2. The Labute approximate surface area is 128 Å². The Morgan fingerprint density at radius 2 is 2.00 bits per heavy atom. The summed E-state index contributed by atoms with van der Waals surface area (Å²) in [5, 5.41) is 8.68. The van der Waals surface area contributed by atoms with Gasteiger partial charge in [0.25, 0.3) is 0 Å². The zero-order chi connectivity index (χ0) is 15.5. The summed E-state index contributed by atoms with van der Waals surface area (Å²) in [5.41, 5.74) is 1.82. The SMILES string of the molecule is O=C(O)CCCN1CCC(n2c(=O)[nH]c3ccccc32)CC1. The highest BCUT2D eigenvalue weighted by molar-refractivity contribution is 5.75. The molecule has 1 aromatic carbocycles. The van der Waals surface area contributed by atoms with Crippen LogP contribution in [0.5, 0.6) is 0 Å². The molecule has 2 heterocycles. The van der Waals surface area contributed by atoms with Gasteiger partial charge in [0, 0.05) is 25.6 Å². The fourth-order valence-corrected chi connectivity index (χ4v) is 3.29. The van der Waals surface area contributed by atoms with Crippen molar-refractivity contribution in [3.63, 3.8) is 0 Å². The van der Waals surface area contributed by atoms with Crippen LogP contribution in [0.2, 0.25) is 0 Å². The van der Waals surface area contributed by atoms with E-state index >= 15 is 0 Å². The maximum atomic E-state index is 12.2. The first-order valence-corrected chi connectivity index (χ1v) is 7.78. The Kier molecular flexibility index (Phi) is 4.29. The molecule has 1 saturated heterocycles. The molecule has 0 amide bonds. The van der Waals surface area contributed by atoms with Gasteiger partial charge in [-0.2, -0.15) is 0 Å². The minimum atomic E-state index is -0.736. The summed E-state index contributed by atoms with van der Waals surface area (Å²) in [6, 6.07) is 8.00. The van der Waals surface area contributed by atoms with E-state index in [2.05, 4.69) is 9.88 Å². The largest absolute Gasteiger partial charge is 0.481 e. The first-order chi connectivity index (χ1) is 10.6. The second kappa shape index (κ2) is 6.36. The number of H-pyrrole nitrogens is 1. The molecule has 0 spiro atoms. The van der Waals surface area contributed by atoms with Crippen LogP contribution in [0.15, 0.2) is 29.1 Å². The first-order valence-electron chi connectivity index (χ1n) is 7.78. The van der Waals surface area contributed by atoms with Crippen LogP contribution in [0, 0.1) is 0 Å². The van der Waals surface area contributed by atoms with Crippen LogP contribution < -0.4 is 5.69 Å². The molecule has 2 N–H and O–H groups in total. The lowest BCUT2D eigenvalue weighted by Gasteiger charge is -2.32. The van der Waals surface area contributed by atoms with Crippen LogP contribution >= 0.6 is 0 Å². The molecule has 1 aromatic heterocycles. The van der Waals surface area contributed by atoms with Crippen LogP contribution in [0.3, 0.4) is 0 Å². The third-order valence-corrected chi connectivity index (χ3v) is 4.41. The minimum Gasteiger partial charge on any atom is -0.481 e. The van der Waals surface area contributed by atoms with E-state index in [0.717, 1.165) is 43.5 Å². The third-order valence-electron chi connectivity index (χ3n) is 4.41. The summed E-state index contributed by atoms with van der Waals surface area (Å²) in [5.74, 6) is -0.736. The zero-order valence-corrected chi connectivity index (χ0v) is 12.5. The van der Waals surface area contributed by atoms with Crippen LogP contribution in [-0.2, 0) is 4.79 Å². The van der Waals surface area contributed by atoms with Gasteiger partial charge < -0.3 is 15.0 Å². The number of carbonyl (C=O) groups is 1. The number of aliphatic carboxylic acids is 1. The van der Waals surface area contributed by atoms with Crippen molar-refractivity contribution >= 4 is 17.0 Å². The second-order valence-electron chi connectivity index (χ2n) is 5.89. The van der Waals surface area contributed by atoms with E-state index in [1.807, 2.05) is 28.8 Å². The van der Waals surface area contributed by atoms with E-state index in [0.29, 0.717) is 6.42 Å². The number of fused-ring (bicyclic) bond motifs is 1. The number of imidazole rings is 1. The molecule has 1 fully saturated rings. The number of likely N-dealkylation sites (tertiary alicyclic amines) is 1. The fourth-order valence-electron chi connectivity index (χ4n) is 3.29. The summed E-state index contributed by atoms with van der Waals surface area (Å²) < 4.78 is 1.88. The molecule has 0 radical (unpaired) electrons. The normalized spacial score (nSPS) is 17.1. The maximum Gasteiger partial charge on any atom is 0.326 e. The van der Waals surface area contributed by atoms with E-state index in [1.54, 1.807) is 0 Å². The number of benzene rings is 1. The van der Waals surface area contributed by atoms with E-state index in [-0.39, 0.29) is 18.2 Å². The van der Waals surface area contributed by atoms with Crippen molar-refractivity contribution in [3.05, 3.63) is 34.7 Å². The molecule has 0 saturated carbocycles. The summed E-state index contributed by atoms with van der Waals surface area (Å²) in [6.45, 7) is 2.65.